The SMILES string of the molecule is C[C@@H](NC=O)C(N)=O. The summed E-state index contributed by atoms with van der Waals surface area (Å²) < 4.78 is 0. The van der Waals surface area contributed by atoms with Crippen LogP contribution in [0.25, 0.3) is 0 Å². The third-order valence-electron chi connectivity index (χ3n) is 0.745. The Morgan fingerprint density at radius 1 is 1.88 bits per heavy atom. The molecule has 0 aliphatic rings. The molecule has 0 fully saturated rings. The molecule has 1 atom stereocenters. The summed E-state index contributed by atoms with van der Waals surface area (Å²) in [7, 11) is 0. The molecule has 0 saturated heterocycles. The molecule has 0 aliphatic heterocycles. The Labute approximate surface area is 47.0 Å². The summed E-state index contributed by atoms with van der Waals surface area (Å²) in [5.74, 6) is -0.530. The van der Waals surface area contributed by atoms with Gasteiger partial charge in [-0.2, -0.15) is 0 Å². The molecule has 0 rings (SSSR count). The van der Waals surface area contributed by atoms with Gasteiger partial charge in [0.05, 0.1) is 0 Å². The maximum Gasteiger partial charge on any atom is 0.239 e. The molecule has 4 heteroatoms. The van der Waals surface area contributed by atoms with Crippen LogP contribution in [0.5, 0.6) is 0 Å². The molecule has 46 valence electrons. The predicted molar refractivity (Wildman–Crippen MR) is 27.9 cm³/mol. The highest BCUT2D eigenvalue weighted by Crippen LogP contribution is 1.72. The van der Waals surface area contributed by atoms with Crippen LogP contribution in [0.3, 0.4) is 0 Å². The topological polar surface area (TPSA) is 72.2 Å². The van der Waals surface area contributed by atoms with E-state index in [0.717, 1.165) is 0 Å². The van der Waals surface area contributed by atoms with Crippen LogP contribution in [0.15, 0.2) is 0 Å². The van der Waals surface area contributed by atoms with Crippen molar-refractivity contribution in [2.75, 3.05) is 0 Å². The first-order valence-electron chi connectivity index (χ1n) is 2.17. The lowest BCUT2D eigenvalue weighted by Crippen LogP contribution is -2.37. The van der Waals surface area contributed by atoms with Crippen molar-refractivity contribution in [3.63, 3.8) is 0 Å². The normalized spacial score (nSPS) is 12.1. The van der Waals surface area contributed by atoms with E-state index in [4.69, 9.17) is 5.73 Å². The van der Waals surface area contributed by atoms with Gasteiger partial charge in [-0.1, -0.05) is 0 Å². The quantitative estimate of drug-likeness (QED) is 0.445. The van der Waals surface area contributed by atoms with Gasteiger partial charge in [0.2, 0.25) is 12.3 Å². The lowest BCUT2D eigenvalue weighted by molar-refractivity contribution is -0.122. The zero-order chi connectivity index (χ0) is 6.57. The third-order valence-corrected chi connectivity index (χ3v) is 0.745. The summed E-state index contributed by atoms with van der Waals surface area (Å²) in [6, 6.07) is -0.563. The van der Waals surface area contributed by atoms with Crippen LogP contribution in [0, 0.1) is 0 Å². The van der Waals surface area contributed by atoms with Crippen molar-refractivity contribution in [2.24, 2.45) is 5.73 Å². The van der Waals surface area contributed by atoms with Gasteiger partial charge in [-0.3, -0.25) is 9.59 Å². The molecule has 2 amide bonds. The molecular weight excluding hydrogens is 108 g/mol. The molecule has 0 radical (unpaired) electrons. The Morgan fingerprint density at radius 3 is 2.50 bits per heavy atom. The van der Waals surface area contributed by atoms with Gasteiger partial charge in [0, 0.05) is 0 Å². The summed E-state index contributed by atoms with van der Waals surface area (Å²) in [5.41, 5.74) is 4.76. The van der Waals surface area contributed by atoms with Crippen LogP contribution in [-0.2, 0) is 9.59 Å². The van der Waals surface area contributed by atoms with Gasteiger partial charge in [0.15, 0.2) is 0 Å². The highest BCUT2D eigenvalue weighted by atomic mass is 16.2. The molecule has 0 unspecified atom stereocenters. The van der Waals surface area contributed by atoms with Crippen molar-refractivity contribution in [1.29, 1.82) is 0 Å². The molecule has 0 aromatic rings. The van der Waals surface area contributed by atoms with E-state index < -0.39 is 11.9 Å². The van der Waals surface area contributed by atoms with Crippen molar-refractivity contribution in [3.8, 4) is 0 Å². The van der Waals surface area contributed by atoms with Crippen molar-refractivity contribution >= 4 is 12.3 Å². The van der Waals surface area contributed by atoms with Crippen LogP contribution < -0.4 is 11.1 Å². The molecule has 0 heterocycles. The number of carbonyl (C=O) groups is 2. The van der Waals surface area contributed by atoms with E-state index in [2.05, 4.69) is 5.32 Å². The largest absolute Gasteiger partial charge is 0.368 e. The Balaban J connectivity index is 3.46. The van der Waals surface area contributed by atoms with Gasteiger partial charge in [-0.05, 0) is 6.92 Å². The fourth-order valence-corrected chi connectivity index (χ4v) is 0.184. The average molecular weight is 116 g/mol. The van der Waals surface area contributed by atoms with Crippen LogP contribution in [-0.4, -0.2) is 18.4 Å². The summed E-state index contributed by atoms with van der Waals surface area (Å²) in [6.07, 6.45) is 0.440. The molecule has 0 aromatic heterocycles. The van der Waals surface area contributed by atoms with Gasteiger partial charge in [0.1, 0.15) is 6.04 Å². The average Bonchev–Trinajstić information content (AvgIpc) is 1.67. The third kappa shape index (κ3) is 2.17. The van der Waals surface area contributed by atoms with Gasteiger partial charge in [0.25, 0.3) is 0 Å². The molecule has 3 N–H and O–H groups in total. The lowest BCUT2D eigenvalue weighted by Gasteiger charge is -2.01. The smallest absolute Gasteiger partial charge is 0.239 e. The first kappa shape index (κ1) is 6.94. The predicted octanol–water partition coefficient (Wildman–Crippen LogP) is -1.39. The zero-order valence-corrected chi connectivity index (χ0v) is 4.55. The van der Waals surface area contributed by atoms with Crippen molar-refractivity contribution in [2.45, 2.75) is 13.0 Å². The number of nitrogens with one attached hydrogen (secondary N) is 1. The maximum absolute atomic E-state index is 10.1. The molecule has 0 aromatic carbocycles. The van der Waals surface area contributed by atoms with E-state index in [9.17, 15) is 9.59 Å². The molecule has 8 heavy (non-hydrogen) atoms. The Kier molecular flexibility index (Phi) is 2.61. The van der Waals surface area contributed by atoms with Crippen LogP contribution in [0.2, 0.25) is 0 Å². The molecule has 0 bridgehead atoms. The molecule has 0 spiro atoms. The van der Waals surface area contributed by atoms with E-state index in [0.29, 0.717) is 6.41 Å². The van der Waals surface area contributed by atoms with E-state index in [1.54, 1.807) is 0 Å². The first-order valence-corrected chi connectivity index (χ1v) is 2.17. The number of amides is 2. The number of rotatable bonds is 3. The summed E-state index contributed by atoms with van der Waals surface area (Å²) in [4.78, 5) is 19.7. The van der Waals surface area contributed by atoms with Gasteiger partial charge >= 0.3 is 0 Å². The zero-order valence-electron chi connectivity index (χ0n) is 4.55. The molecule has 4 nitrogen and oxygen atoms in total. The second kappa shape index (κ2) is 3.01. The van der Waals surface area contributed by atoms with Crippen molar-refractivity contribution in [1.82, 2.24) is 5.32 Å². The fraction of sp³-hybridized carbons (Fsp3) is 0.500. The first-order chi connectivity index (χ1) is 3.68. The molecule has 0 saturated carbocycles. The van der Waals surface area contributed by atoms with Crippen molar-refractivity contribution < 1.29 is 9.59 Å². The van der Waals surface area contributed by atoms with Gasteiger partial charge in [-0.25, -0.2) is 0 Å². The second-order valence-electron chi connectivity index (χ2n) is 1.41. The van der Waals surface area contributed by atoms with Crippen LogP contribution >= 0.6 is 0 Å². The molecule has 0 aliphatic carbocycles. The minimum Gasteiger partial charge on any atom is -0.368 e. The highest BCUT2D eigenvalue weighted by Gasteiger charge is 2.03. The Bertz CT molecular complexity index is 102. The maximum atomic E-state index is 10.1. The van der Waals surface area contributed by atoms with E-state index >= 15 is 0 Å². The fourth-order valence-electron chi connectivity index (χ4n) is 0.184. The van der Waals surface area contributed by atoms with E-state index in [1.807, 2.05) is 0 Å². The number of nitrogens with two attached hydrogens (primary N) is 1. The number of hydrogen-bond donors (Lipinski definition) is 2. The summed E-state index contributed by atoms with van der Waals surface area (Å²) >= 11 is 0. The minimum absolute atomic E-state index is 0.440. The monoisotopic (exact) mass is 116 g/mol. The highest BCUT2D eigenvalue weighted by molar-refractivity contribution is 5.81. The minimum atomic E-state index is -0.563. The van der Waals surface area contributed by atoms with Gasteiger partial charge < -0.3 is 11.1 Å². The number of hydrogen-bond acceptors (Lipinski definition) is 2. The standard InChI is InChI=1S/C4H8N2O2/c1-3(4(5)8)6-2-7/h2-3H,1H3,(H2,5,8)(H,6,7)/t3-/m1/s1. The summed E-state index contributed by atoms with van der Waals surface area (Å²) in [5, 5.41) is 2.19. The number of carbonyl (C=O) groups excluding carboxylic acids is 2. The lowest BCUT2D eigenvalue weighted by atomic mass is 10.3. The van der Waals surface area contributed by atoms with Crippen LogP contribution in [0.1, 0.15) is 6.92 Å². The Hall–Kier alpha value is -1.06. The number of primary amides is 1. The van der Waals surface area contributed by atoms with E-state index in [1.165, 1.54) is 6.92 Å². The molecular formula is C4H8N2O2. The van der Waals surface area contributed by atoms with Crippen LogP contribution in [0.4, 0.5) is 0 Å². The summed E-state index contributed by atoms with van der Waals surface area (Å²) in [6.45, 7) is 1.51. The second-order valence-corrected chi connectivity index (χ2v) is 1.41. The Morgan fingerprint density at radius 2 is 2.38 bits per heavy atom. The van der Waals surface area contributed by atoms with E-state index in [-0.39, 0.29) is 0 Å². The van der Waals surface area contributed by atoms with Gasteiger partial charge in [-0.15, -0.1) is 0 Å². The van der Waals surface area contributed by atoms with Crippen molar-refractivity contribution in [3.05, 3.63) is 0 Å².